The molecule has 5 nitrogen and oxygen atoms in total. The maximum atomic E-state index is 9.54. The van der Waals surface area contributed by atoms with E-state index in [-0.39, 0.29) is 0 Å². The van der Waals surface area contributed by atoms with Gasteiger partial charge < -0.3 is 19.1 Å². The van der Waals surface area contributed by atoms with Gasteiger partial charge in [-0.1, -0.05) is 6.07 Å². The maximum Gasteiger partial charge on any atom is 0.161 e. The Kier molecular flexibility index (Phi) is 4.06. The highest BCUT2D eigenvalue weighted by molar-refractivity contribution is 5.43. The maximum absolute atomic E-state index is 9.54. The van der Waals surface area contributed by atoms with Gasteiger partial charge in [0.05, 0.1) is 13.2 Å². The molecule has 1 heterocycles. The number of rotatable bonds is 5. The molecule has 0 radical (unpaired) electrons. The van der Waals surface area contributed by atoms with E-state index in [2.05, 4.69) is 4.98 Å². The van der Waals surface area contributed by atoms with Gasteiger partial charge >= 0.3 is 0 Å². The first-order valence-corrected chi connectivity index (χ1v) is 6.07. The summed E-state index contributed by atoms with van der Waals surface area (Å²) in [5.41, 5.74) is 0.793. The van der Waals surface area contributed by atoms with Crippen molar-refractivity contribution in [3.63, 3.8) is 0 Å². The molecule has 0 saturated heterocycles. The average molecular weight is 262 g/mol. The van der Waals surface area contributed by atoms with Crippen molar-refractivity contribution >= 4 is 0 Å². The summed E-state index contributed by atoms with van der Waals surface area (Å²) in [6.45, 7) is 2.08. The molecule has 0 spiro atoms. The summed E-state index contributed by atoms with van der Waals surface area (Å²) in [4.78, 5) is 4.19. The Hall–Kier alpha value is -2.01. The van der Waals surface area contributed by atoms with Crippen LogP contribution in [-0.4, -0.2) is 21.8 Å². The molecule has 0 amide bonds. The summed E-state index contributed by atoms with van der Waals surface area (Å²) in [6, 6.07) is 5.39. The number of nitrogens with zero attached hydrogens (tertiary/aromatic N) is 2. The quantitative estimate of drug-likeness (QED) is 0.896. The molecule has 1 aromatic heterocycles. The van der Waals surface area contributed by atoms with Gasteiger partial charge in [-0.3, -0.25) is 0 Å². The molecule has 0 fully saturated rings. The SMILES string of the molecule is COc1cc([C@H](C)O)ccc1OCc1nccn1C. The van der Waals surface area contributed by atoms with Crippen LogP contribution in [0.2, 0.25) is 0 Å². The van der Waals surface area contributed by atoms with E-state index in [1.165, 1.54) is 0 Å². The number of imidazole rings is 1. The van der Waals surface area contributed by atoms with Crippen LogP contribution < -0.4 is 9.47 Å². The van der Waals surface area contributed by atoms with Crippen molar-refractivity contribution in [3.8, 4) is 11.5 Å². The number of aromatic nitrogens is 2. The Labute approximate surface area is 112 Å². The predicted molar refractivity (Wildman–Crippen MR) is 71.2 cm³/mol. The van der Waals surface area contributed by atoms with Crippen molar-refractivity contribution in [2.75, 3.05) is 7.11 Å². The summed E-state index contributed by atoms with van der Waals surface area (Å²) in [7, 11) is 3.49. The van der Waals surface area contributed by atoms with Crippen LogP contribution in [0.5, 0.6) is 11.5 Å². The van der Waals surface area contributed by atoms with Crippen LogP contribution in [0.1, 0.15) is 24.4 Å². The second-order valence-corrected chi connectivity index (χ2v) is 4.33. The fraction of sp³-hybridized carbons (Fsp3) is 0.357. The number of methoxy groups -OCH3 is 1. The number of hydrogen-bond donors (Lipinski definition) is 1. The van der Waals surface area contributed by atoms with Crippen LogP contribution >= 0.6 is 0 Å². The van der Waals surface area contributed by atoms with Gasteiger partial charge in [0, 0.05) is 19.4 Å². The van der Waals surface area contributed by atoms with Gasteiger partial charge in [0.2, 0.25) is 0 Å². The van der Waals surface area contributed by atoms with E-state index < -0.39 is 6.10 Å². The van der Waals surface area contributed by atoms with Gasteiger partial charge in [-0.15, -0.1) is 0 Å². The van der Waals surface area contributed by atoms with Gasteiger partial charge in [-0.25, -0.2) is 4.98 Å². The fourth-order valence-corrected chi connectivity index (χ4v) is 1.74. The third kappa shape index (κ3) is 3.06. The number of benzene rings is 1. The lowest BCUT2D eigenvalue weighted by Crippen LogP contribution is -2.04. The zero-order valence-electron chi connectivity index (χ0n) is 11.3. The van der Waals surface area contributed by atoms with Crippen LogP contribution in [0, 0.1) is 0 Å². The van der Waals surface area contributed by atoms with Crippen LogP contribution in [0.3, 0.4) is 0 Å². The summed E-state index contributed by atoms with van der Waals surface area (Å²) in [5, 5.41) is 9.54. The molecular formula is C14H18N2O3. The predicted octanol–water partition coefficient (Wildman–Crippen LogP) is 2.06. The van der Waals surface area contributed by atoms with Gasteiger partial charge in [0.1, 0.15) is 12.4 Å². The molecule has 1 aromatic carbocycles. The van der Waals surface area contributed by atoms with Crippen LogP contribution in [0.4, 0.5) is 0 Å². The lowest BCUT2D eigenvalue weighted by atomic mass is 10.1. The molecule has 0 aliphatic rings. The van der Waals surface area contributed by atoms with E-state index in [1.807, 2.05) is 23.9 Å². The molecule has 0 aliphatic carbocycles. The highest BCUT2D eigenvalue weighted by Crippen LogP contribution is 2.30. The van der Waals surface area contributed by atoms with Crippen molar-refractivity contribution in [1.82, 2.24) is 9.55 Å². The average Bonchev–Trinajstić information content (AvgIpc) is 2.81. The van der Waals surface area contributed by atoms with Crippen molar-refractivity contribution in [2.45, 2.75) is 19.6 Å². The molecule has 1 N–H and O–H groups in total. The van der Waals surface area contributed by atoms with Crippen molar-refractivity contribution < 1.29 is 14.6 Å². The smallest absolute Gasteiger partial charge is 0.161 e. The second-order valence-electron chi connectivity index (χ2n) is 4.33. The fourth-order valence-electron chi connectivity index (χ4n) is 1.74. The van der Waals surface area contributed by atoms with Crippen molar-refractivity contribution in [2.24, 2.45) is 7.05 Å². The van der Waals surface area contributed by atoms with Gasteiger partial charge in [-0.05, 0) is 24.6 Å². The number of ether oxygens (including phenoxy) is 2. The van der Waals surface area contributed by atoms with Gasteiger partial charge in [0.15, 0.2) is 11.5 Å². The van der Waals surface area contributed by atoms with E-state index in [9.17, 15) is 5.11 Å². The Balaban J connectivity index is 2.14. The third-order valence-corrected chi connectivity index (χ3v) is 2.95. The summed E-state index contributed by atoms with van der Waals surface area (Å²) < 4.78 is 12.9. The zero-order valence-corrected chi connectivity index (χ0v) is 11.3. The van der Waals surface area contributed by atoms with E-state index in [0.717, 1.165) is 11.4 Å². The third-order valence-electron chi connectivity index (χ3n) is 2.95. The minimum atomic E-state index is -0.530. The molecular weight excluding hydrogens is 244 g/mol. The zero-order chi connectivity index (χ0) is 13.8. The molecule has 0 unspecified atom stereocenters. The first-order valence-electron chi connectivity index (χ1n) is 6.07. The largest absolute Gasteiger partial charge is 0.493 e. The summed E-state index contributed by atoms with van der Waals surface area (Å²) in [6.07, 6.45) is 3.07. The van der Waals surface area contributed by atoms with E-state index in [0.29, 0.717) is 18.1 Å². The van der Waals surface area contributed by atoms with Crippen LogP contribution in [-0.2, 0) is 13.7 Å². The van der Waals surface area contributed by atoms with Crippen LogP contribution in [0.25, 0.3) is 0 Å². The molecule has 0 bridgehead atoms. The lowest BCUT2D eigenvalue weighted by molar-refractivity contribution is 0.198. The number of aliphatic hydroxyl groups is 1. The molecule has 102 valence electrons. The minimum absolute atomic E-state index is 0.369. The molecule has 2 rings (SSSR count). The molecule has 5 heteroatoms. The van der Waals surface area contributed by atoms with Crippen molar-refractivity contribution in [3.05, 3.63) is 42.0 Å². The highest BCUT2D eigenvalue weighted by Gasteiger charge is 2.09. The van der Waals surface area contributed by atoms with Gasteiger partial charge in [-0.2, -0.15) is 0 Å². The first kappa shape index (κ1) is 13.4. The molecule has 1 atom stereocenters. The topological polar surface area (TPSA) is 56.5 Å². The summed E-state index contributed by atoms with van der Waals surface area (Å²) >= 11 is 0. The second kappa shape index (κ2) is 5.75. The van der Waals surface area contributed by atoms with Crippen LogP contribution in [0.15, 0.2) is 30.6 Å². The van der Waals surface area contributed by atoms with E-state index >= 15 is 0 Å². The van der Waals surface area contributed by atoms with Crippen molar-refractivity contribution in [1.29, 1.82) is 0 Å². The standard InChI is InChI=1S/C14H18N2O3/c1-10(17)11-4-5-12(13(8-11)18-3)19-9-14-15-6-7-16(14)2/h4-8,10,17H,9H2,1-3H3/t10-/m0/s1. The number of aryl methyl sites for hydroxylation is 1. The van der Waals surface area contributed by atoms with Gasteiger partial charge in [0.25, 0.3) is 0 Å². The number of aliphatic hydroxyl groups excluding tert-OH is 1. The molecule has 19 heavy (non-hydrogen) atoms. The normalized spacial score (nSPS) is 12.2. The minimum Gasteiger partial charge on any atom is -0.493 e. The molecule has 0 aliphatic heterocycles. The Bertz CT molecular complexity index is 549. The molecule has 2 aromatic rings. The Morgan fingerprint density at radius 2 is 2.16 bits per heavy atom. The first-order chi connectivity index (χ1) is 9.11. The monoisotopic (exact) mass is 262 g/mol. The van der Waals surface area contributed by atoms with E-state index in [1.54, 1.807) is 32.4 Å². The Morgan fingerprint density at radius 3 is 2.74 bits per heavy atom. The number of hydrogen-bond acceptors (Lipinski definition) is 4. The Morgan fingerprint density at radius 1 is 1.37 bits per heavy atom. The van der Waals surface area contributed by atoms with E-state index in [4.69, 9.17) is 9.47 Å². The molecule has 0 saturated carbocycles. The highest BCUT2D eigenvalue weighted by atomic mass is 16.5. The lowest BCUT2D eigenvalue weighted by Gasteiger charge is -2.13. The summed E-state index contributed by atoms with van der Waals surface area (Å²) in [5.74, 6) is 2.07.